The summed E-state index contributed by atoms with van der Waals surface area (Å²) in [5.74, 6) is 6.76. The molecule has 9 heteroatoms. The second-order valence-electron chi connectivity index (χ2n) is 9.65. The number of benzene rings is 1. The molecular formula is C27H31N5O4. The van der Waals surface area contributed by atoms with E-state index in [1.165, 1.54) is 0 Å². The Balaban J connectivity index is 1.72. The molecule has 2 aromatic rings. The largest absolute Gasteiger partial charge is 0.490 e. The van der Waals surface area contributed by atoms with Gasteiger partial charge in [-0.05, 0) is 45.9 Å². The van der Waals surface area contributed by atoms with Gasteiger partial charge in [0.2, 0.25) is 11.8 Å². The molecule has 2 aliphatic heterocycles. The van der Waals surface area contributed by atoms with E-state index in [4.69, 9.17) is 20.5 Å². The Labute approximate surface area is 211 Å². The van der Waals surface area contributed by atoms with Gasteiger partial charge in [0.05, 0.1) is 29.8 Å². The zero-order valence-corrected chi connectivity index (χ0v) is 20.9. The van der Waals surface area contributed by atoms with E-state index < -0.39 is 5.91 Å². The van der Waals surface area contributed by atoms with E-state index in [-0.39, 0.29) is 30.1 Å². The molecule has 0 aliphatic carbocycles. The van der Waals surface area contributed by atoms with Gasteiger partial charge in [-0.25, -0.2) is 4.98 Å². The average molecular weight is 490 g/mol. The van der Waals surface area contributed by atoms with Crippen molar-refractivity contribution in [2.24, 2.45) is 11.7 Å². The van der Waals surface area contributed by atoms with Crippen molar-refractivity contribution in [2.75, 3.05) is 33.2 Å². The Kier molecular flexibility index (Phi) is 7.61. The van der Waals surface area contributed by atoms with Crippen LogP contribution in [0.1, 0.15) is 49.0 Å². The summed E-state index contributed by atoms with van der Waals surface area (Å²) in [6, 6.07) is 5.35. The number of fused-ring (bicyclic) bond motifs is 1. The van der Waals surface area contributed by atoms with E-state index in [9.17, 15) is 9.59 Å². The third kappa shape index (κ3) is 5.69. The Morgan fingerprint density at radius 1 is 1.25 bits per heavy atom. The van der Waals surface area contributed by atoms with E-state index in [0.29, 0.717) is 47.0 Å². The van der Waals surface area contributed by atoms with Crippen LogP contribution in [0.5, 0.6) is 11.6 Å². The maximum atomic E-state index is 12.3. The summed E-state index contributed by atoms with van der Waals surface area (Å²) in [5.41, 5.74) is 6.64. The van der Waals surface area contributed by atoms with E-state index in [1.54, 1.807) is 23.2 Å². The minimum atomic E-state index is -0.592. The lowest BCUT2D eigenvalue weighted by Gasteiger charge is -2.32. The molecule has 3 heterocycles. The van der Waals surface area contributed by atoms with Crippen molar-refractivity contribution < 1.29 is 19.1 Å². The molecule has 4 rings (SSSR count). The molecule has 1 atom stereocenters. The number of nitrogens with zero attached hydrogens (tertiary/aromatic N) is 4. The summed E-state index contributed by atoms with van der Waals surface area (Å²) in [5, 5.41) is 10.2. The number of pyridine rings is 1. The normalized spacial score (nSPS) is 18.2. The van der Waals surface area contributed by atoms with Gasteiger partial charge in [-0.1, -0.05) is 11.8 Å². The SMILES string of the molecule is CC(C)Oc1cc2c(OC3CCCN(C(=O)CC#N)C3)ncc(C#CC3CN(C)C3)c2cc1C(N)=O. The van der Waals surface area contributed by atoms with Crippen molar-refractivity contribution in [2.45, 2.75) is 45.3 Å². The van der Waals surface area contributed by atoms with E-state index in [0.717, 1.165) is 25.9 Å². The predicted octanol–water partition coefficient (Wildman–Crippen LogP) is 2.32. The van der Waals surface area contributed by atoms with Crippen LogP contribution in [0.2, 0.25) is 0 Å². The highest BCUT2D eigenvalue weighted by atomic mass is 16.5. The average Bonchev–Trinajstić information content (AvgIpc) is 2.81. The van der Waals surface area contributed by atoms with Crippen LogP contribution in [-0.2, 0) is 4.79 Å². The number of ether oxygens (including phenoxy) is 2. The summed E-state index contributed by atoms with van der Waals surface area (Å²) >= 11 is 0. The van der Waals surface area contributed by atoms with Crippen LogP contribution in [-0.4, -0.2) is 72.0 Å². The fourth-order valence-corrected chi connectivity index (χ4v) is 4.55. The van der Waals surface area contributed by atoms with Crippen LogP contribution in [0, 0.1) is 29.1 Å². The van der Waals surface area contributed by atoms with Gasteiger partial charge in [0.15, 0.2) is 0 Å². The van der Waals surface area contributed by atoms with Gasteiger partial charge < -0.3 is 25.0 Å². The first kappa shape index (κ1) is 25.3. The number of carbonyl (C=O) groups excluding carboxylic acids is 2. The molecule has 2 N–H and O–H groups in total. The number of likely N-dealkylation sites (tertiary alicyclic amines) is 2. The first-order chi connectivity index (χ1) is 17.2. The molecule has 2 aliphatic rings. The number of carbonyl (C=O) groups is 2. The minimum absolute atomic E-state index is 0.149. The van der Waals surface area contributed by atoms with Gasteiger partial charge in [-0.3, -0.25) is 9.59 Å². The molecule has 0 bridgehead atoms. The molecule has 1 aromatic heterocycles. The molecule has 2 saturated heterocycles. The highest BCUT2D eigenvalue weighted by Gasteiger charge is 2.26. The summed E-state index contributed by atoms with van der Waals surface area (Å²) in [6.07, 6.45) is 2.59. The molecule has 188 valence electrons. The maximum absolute atomic E-state index is 12.3. The topological polar surface area (TPSA) is 122 Å². The lowest BCUT2D eigenvalue weighted by Crippen LogP contribution is -2.44. The molecule has 0 spiro atoms. The fourth-order valence-electron chi connectivity index (χ4n) is 4.55. The number of hydrogen-bond donors (Lipinski definition) is 1. The van der Waals surface area contributed by atoms with Gasteiger partial charge in [0.25, 0.3) is 5.91 Å². The van der Waals surface area contributed by atoms with Crippen LogP contribution < -0.4 is 15.2 Å². The second-order valence-corrected chi connectivity index (χ2v) is 9.65. The molecule has 0 saturated carbocycles. The number of amides is 2. The van der Waals surface area contributed by atoms with Gasteiger partial charge >= 0.3 is 0 Å². The standard InChI is InChI=1S/C27H31N5O4/c1-17(2)35-24-12-22-21(11-23(24)26(29)34)19(7-6-18-14-31(3)15-18)13-30-27(22)36-20-5-4-10-32(16-20)25(33)8-9-28/h11-13,17-18,20H,4-5,8,10,14-16H2,1-3H3,(H2,29,34). The molecular weight excluding hydrogens is 458 g/mol. The second kappa shape index (κ2) is 10.8. The van der Waals surface area contributed by atoms with Gasteiger partial charge in [0.1, 0.15) is 18.3 Å². The molecule has 1 aromatic carbocycles. The Hall–Kier alpha value is -3.82. The Bertz CT molecular complexity index is 1270. The summed E-state index contributed by atoms with van der Waals surface area (Å²) in [4.78, 5) is 32.9. The summed E-state index contributed by atoms with van der Waals surface area (Å²) in [6.45, 7) is 6.57. The van der Waals surface area contributed by atoms with Crippen LogP contribution in [0.4, 0.5) is 0 Å². The summed E-state index contributed by atoms with van der Waals surface area (Å²) in [7, 11) is 2.05. The highest BCUT2D eigenvalue weighted by molar-refractivity contribution is 6.03. The Morgan fingerprint density at radius 3 is 2.69 bits per heavy atom. The van der Waals surface area contributed by atoms with Gasteiger partial charge in [-0.15, -0.1) is 0 Å². The van der Waals surface area contributed by atoms with Crippen molar-refractivity contribution in [3.8, 4) is 29.5 Å². The molecule has 2 fully saturated rings. The van der Waals surface area contributed by atoms with E-state index in [2.05, 4.69) is 28.8 Å². The van der Waals surface area contributed by atoms with Gasteiger partial charge in [-0.2, -0.15) is 5.26 Å². The first-order valence-corrected chi connectivity index (χ1v) is 12.2. The minimum Gasteiger partial charge on any atom is -0.490 e. The molecule has 2 amide bonds. The van der Waals surface area contributed by atoms with Crippen LogP contribution in [0.15, 0.2) is 18.3 Å². The molecule has 0 radical (unpaired) electrons. The number of piperidine rings is 1. The quantitative estimate of drug-likeness (QED) is 0.618. The monoisotopic (exact) mass is 489 g/mol. The molecule has 1 unspecified atom stereocenters. The lowest BCUT2D eigenvalue weighted by atomic mass is 9.99. The number of nitrogens with two attached hydrogens (primary N) is 1. The van der Waals surface area contributed by atoms with Crippen molar-refractivity contribution in [3.05, 3.63) is 29.5 Å². The highest BCUT2D eigenvalue weighted by Crippen LogP contribution is 2.34. The Morgan fingerprint density at radius 2 is 2.03 bits per heavy atom. The van der Waals surface area contributed by atoms with E-state index >= 15 is 0 Å². The maximum Gasteiger partial charge on any atom is 0.252 e. The number of nitriles is 1. The number of rotatable bonds is 6. The fraction of sp³-hybridized carbons (Fsp3) is 0.481. The lowest BCUT2D eigenvalue weighted by molar-refractivity contribution is -0.132. The first-order valence-electron chi connectivity index (χ1n) is 12.2. The number of aromatic nitrogens is 1. The number of hydrogen-bond acceptors (Lipinski definition) is 7. The van der Waals surface area contributed by atoms with Crippen molar-refractivity contribution in [1.29, 1.82) is 5.26 Å². The molecule has 36 heavy (non-hydrogen) atoms. The predicted molar refractivity (Wildman–Crippen MR) is 134 cm³/mol. The van der Waals surface area contributed by atoms with Crippen LogP contribution in [0.25, 0.3) is 10.8 Å². The zero-order chi connectivity index (χ0) is 25.8. The van der Waals surface area contributed by atoms with E-state index in [1.807, 2.05) is 19.9 Å². The number of primary amides is 1. The molecule has 9 nitrogen and oxygen atoms in total. The third-order valence-corrected chi connectivity index (χ3v) is 6.29. The zero-order valence-electron chi connectivity index (χ0n) is 20.9. The third-order valence-electron chi connectivity index (χ3n) is 6.29. The van der Waals surface area contributed by atoms with Crippen LogP contribution >= 0.6 is 0 Å². The van der Waals surface area contributed by atoms with Crippen molar-refractivity contribution >= 4 is 22.6 Å². The van der Waals surface area contributed by atoms with Gasteiger partial charge in [0, 0.05) is 42.5 Å². The smallest absolute Gasteiger partial charge is 0.252 e. The summed E-state index contributed by atoms with van der Waals surface area (Å²) < 4.78 is 12.2. The van der Waals surface area contributed by atoms with Crippen LogP contribution in [0.3, 0.4) is 0 Å². The van der Waals surface area contributed by atoms with Crippen molar-refractivity contribution in [3.63, 3.8) is 0 Å². The van der Waals surface area contributed by atoms with Crippen molar-refractivity contribution in [1.82, 2.24) is 14.8 Å².